The van der Waals surface area contributed by atoms with Gasteiger partial charge in [0.1, 0.15) is 0 Å². The van der Waals surface area contributed by atoms with Crippen molar-refractivity contribution in [1.29, 1.82) is 0 Å². The Hall–Kier alpha value is -2.38. The summed E-state index contributed by atoms with van der Waals surface area (Å²) in [7, 11) is 0. The van der Waals surface area contributed by atoms with E-state index in [1.807, 2.05) is 30.3 Å². The molecule has 1 atom stereocenters. The van der Waals surface area contributed by atoms with E-state index in [0.717, 1.165) is 5.56 Å². The van der Waals surface area contributed by atoms with Crippen molar-refractivity contribution in [3.8, 4) is 12.3 Å². The predicted octanol–water partition coefficient (Wildman–Crippen LogP) is 1.51. The molecule has 98 valence electrons. The lowest BCUT2D eigenvalue weighted by atomic mass is 10.2. The lowest BCUT2D eigenvalue weighted by molar-refractivity contribution is -0.156. The van der Waals surface area contributed by atoms with Gasteiger partial charge in [-0.05, 0) is 18.1 Å². The monoisotopic (exact) mass is 257 g/mol. The molecule has 2 N–H and O–H groups in total. The maximum atomic E-state index is 11.3. The van der Waals surface area contributed by atoms with Crippen LogP contribution in [0.4, 0.5) is 0 Å². The maximum Gasteiger partial charge on any atom is 0.338 e. The number of hydrogen-bond donors (Lipinski definition) is 1. The average molecular weight is 257 g/mol. The van der Waals surface area contributed by atoms with Gasteiger partial charge in [-0.15, -0.1) is 6.42 Å². The Balaban J connectivity index is 2.37. The Morgan fingerprint density at radius 3 is 2.68 bits per heavy atom. The van der Waals surface area contributed by atoms with Gasteiger partial charge in [0, 0.05) is 12.5 Å². The van der Waals surface area contributed by atoms with Gasteiger partial charge in [-0.1, -0.05) is 36.3 Å². The Labute approximate surface area is 112 Å². The second kappa shape index (κ2) is 7.85. The summed E-state index contributed by atoms with van der Waals surface area (Å²) in [6.45, 7) is 0. The highest BCUT2D eigenvalue weighted by Crippen LogP contribution is 2.02. The quantitative estimate of drug-likeness (QED) is 0.376. The van der Waals surface area contributed by atoms with Crippen LogP contribution in [-0.4, -0.2) is 18.0 Å². The van der Waals surface area contributed by atoms with Crippen molar-refractivity contribution < 1.29 is 14.3 Å². The van der Waals surface area contributed by atoms with Crippen LogP contribution in [0.15, 0.2) is 36.4 Å². The van der Waals surface area contributed by atoms with E-state index in [1.54, 1.807) is 6.08 Å². The van der Waals surface area contributed by atoms with E-state index in [-0.39, 0.29) is 6.42 Å². The number of carbonyl (C=O) groups excluding carboxylic acids is 2. The first-order chi connectivity index (χ1) is 9.11. The van der Waals surface area contributed by atoms with Crippen LogP contribution >= 0.6 is 0 Å². The molecule has 0 heterocycles. The van der Waals surface area contributed by atoms with Crippen LogP contribution in [0, 0.1) is 12.3 Å². The standard InChI is InChI=1S/C15H15NO3/c1-2-13(16)9-11-15(18)19-14(17)10-8-12-6-4-3-5-7-12/h1,3-8,10,13H,9,11,16H2/b10-8+. The van der Waals surface area contributed by atoms with Gasteiger partial charge in [0.25, 0.3) is 0 Å². The fraction of sp³-hybridized carbons (Fsp3) is 0.200. The molecule has 0 fully saturated rings. The van der Waals surface area contributed by atoms with Crippen LogP contribution in [0.25, 0.3) is 6.08 Å². The molecule has 0 saturated carbocycles. The number of terminal acetylenes is 1. The summed E-state index contributed by atoms with van der Waals surface area (Å²) < 4.78 is 4.58. The number of ether oxygens (including phenoxy) is 1. The Morgan fingerprint density at radius 2 is 2.05 bits per heavy atom. The molecule has 19 heavy (non-hydrogen) atoms. The lowest BCUT2D eigenvalue weighted by Crippen LogP contribution is -2.20. The highest BCUT2D eigenvalue weighted by molar-refractivity contribution is 5.94. The van der Waals surface area contributed by atoms with Gasteiger partial charge in [0.15, 0.2) is 0 Å². The summed E-state index contributed by atoms with van der Waals surface area (Å²) in [5, 5.41) is 0. The third kappa shape index (κ3) is 6.20. The van der Waals surface area contributed by atoms with Crippen molar-refractivity contribution in [3.63, 3.8) is 0 Å². The van der Waals surface area contributed by atoms with Gasteiger partial charge in [-0.2, -0.15) is 0 Å². The second-order valence-electron chi connectivity index (χ2n) is 3.85. The number of nitrogens with two attached hydrogens (primary N) is 1. The minimum absolute atomic E-state index is 0.0241. The van der Waals surface area contributed by atoms with Gasteiger partial charge in [0.2, 0.25) is 0 Å². The van der Waals surface area contributed by atoms with Crippen LogP contribution in [-0.2, 0) is 14.3 Å². The first-order valence-corrected chi connectivity index (χ1v) is 5.81. The molecule has 1 rings (SSSR count). The minimum Gasteiger partial charge on any atom is -0.390 e. The largest absolute Gasteiger partial charge is 0.390 e. The summed E-state index contributed by atoms with van der Waals surface area (Å²) in [5.74, 6) is 0.955. The fourth-order valence-electron chi connectivity index (χ4n) is 1.28. The zero-order valence-corrected chi connectivity index (χ0v) is 10.4. The second-order valence-corrected chi connectivity index (χ2v) is 3.85. The van der Waals surface area contributed by atoms with Crippen molar-refractivity contribution in [3.05, 3.63) is 42.0 Å². The van der Waals surface area contributed by atoms with Crippen LogP contribution in [0.5, 0.6) is 0 Å². The number of benzene rings is 1. The van der Waals surface area contributed by atoms with Gasteiger partial charge < -0.3 is 10.5 Å². The SMILES string of the molecule is C#CC(N)CCC(=O)OC(=O)/C=C/c1ccccc1. The molecule has 0 aliphatic rings. The van der Waals surface area contributed by atoms with Crippen LogP contribution < -0.4 is 5.73 Å². The lowest BCUT2D eigenvalue weighted by Gasteiger charge is -2.02. The molecule has 0 spiro atoms. The van der Waals surface area contributed by atoms with Crippen molar-refractivity contribution in [2.45, 2.75) is 18.9 Å². The normalized spacial score (nSPS) is 11.8. The Kier molecular flexibility index (Phi) is 6.07. The zero-order valence-electron chi connectivity index (χ0n) is 10.4. The summed E-state index contributed by atoms with van der Waals surface area (Å²) in [5.41, 5.74) is 6.29. The van der Waals surface area contributed by atoms with Gasteiger partial charge >= 0.3 is 11.9 Å². The first-order valence-electron chi connectivity index (χ1n) is 5.81. The van der Waals surface area contributed by atoms with E-state index in [4.69, 9.17) is 12.2 Å². The summed E-state index contributed by atoms with van der Waals surface area (Å²) in [6.07, 6.45) is 8.16. The van der Waals surface area contributed by atoms with Gasteiger partial charge in [-0.3, -0.25) is 4.79 Å². The van der Waals surface area contributed by atoms with Gasteiger partial charge in [0.05, 0.1) is 6.04 Å². The van der Waals surface area contributed by atoms with Crippen molar-refractivity contribution >= 4 is 18.0 Å². The van der Waals surface area contributed by atoms with Crippen LogP contribution in [0.1, 0.15) is 18.4 Å². The molecule has 1 aromatic rings. The zero-order chi connectivity index (χ0) is 14.1. The van der Waals surface area contributed by atoms with E-state index in [2.05, 4.69) is 10.7 Å². The molecular formula is C15H15NO3. The minimum atomic E-state index is -0.705. The molecule has 1 aromatic carbocycles. The number of esters is 2. The van der Waals surface area contributed by atoms with Crippen LogP contribution in [0.3, 0.4) is 0 Å². The van der Waals surface area contributed by atoms with Gasteiger partial charge in [-0.25, -0.2) is 4.79 Å². The molecule has 0 aliphatic carbocycles. The van der Waals surface area contributed by atoms with E-state index in [0.29, 0.717) is 6.42 Å². The molecule has 4 heteroatoms. The van der Waals surface area contributed by atoms with E-state index < -0.39 is 18.0 Å². The van der Waals surface area contributed by atoms with Crippen molar-refractivity contribution in [1.82, 2.24) is 0 Å². The molecule has 1 unspecified atom stereocenters. The molecule has 0 amide bonds. The molecule has 0 bridgehead atoms. The third-order valence-corrected chi connectivity index (χ3v) is 2.30. The molecule has 0 aliphatic heterocycles. The molecule has 0 radical (unpaired) electrons. The number of hydrogen-bond acceptors (Lipinski definition) is 4. The number of carbonyl (C=O) groups is 2. The van der Waals surface area contributed by atoms with Crippen LogP contribution in [0.2, 0.25) is 0 Å². The van der Waals surface area contributed by atoms with E-state index >= 15 is 0 Å². The highest BCUT2D eigenvalue weighted by atomic mass is 16.6. The molecule has 0 aromatic heterocycles. The van der Waals surface area contributed by atoms with E-state index in [1.165, 1.54) is 6.08 Å². The Bertz CT molecular complexity index is 500. The third-order valence-electron chi connectivity index (χ3n) is 2.30. The molecular weight excluding hydrogens is 242 g/mol. The predicted molar refractivity (Wildman–Crippen MR) is 72.6 cm³/mol. The number of rotatable bonds is 5. The Morgan fingerprint density at radius 1 is 1.37 bits per heavy atom. The molecule has 0 saturated heterocycles. The van der Waals surface area contributed by atoms with E-state index in [9.17, 15) is 9.59 Å². The smallest absolute Gasteiger partial charge is 0.338 e. The summed E-state index contributed by atoms with van der Waals surface area (Å²) in [6, 6.07) is 8.72. The fourth-order valence-corrected chi connectivity index (χ4v) is 1.28. The molecule has 4 nitrogen and oxygen atoms in total. The first kappa shape index (κ1) is 14.7. The topological polar surface area (TPSA) is 69.4 Å². The summed E-state index contributed by atoms with van der Waals surface area (Å²) >= 11 is 0. The highest BCUT2D eigenvalue weighted by Gasteiger charge is 2.09. The maximum absolute atomic E-state index is 11.3. The van der Waals surface area contributed by atoms with Crippen molar-refractivity contribution in [2.75, 3.05) is 0 Å². The summed E-state index contributed by atoms with van der Waals surface area (Å²) in [4.78, 5) is 22.6. The average Bonchev–Trinajstić information content (AvgIpc) is 2.43. The van der Waals surface area contributed by atoms with Crippen molar-refractivity contribution in [2.24, 2.45) is 5.73 Å².